The molecule has 0 saturated carbocycles. The fraction of sp³-hybridized carbons (Fsp3) is 0.0909. The number of carbonyl (C=O) groups excluding carboxylic acids is 1. The van der Waals surface area contributed by atoms with E-state index in [0.717, 1.165) is 11.3 Å². The summed E-state index contributed by atoms with van der Waals surface area (Å²) in [6.07, 6.45) is 0. The summed E-state index contributed by atoms with van der Waals surface area (Å²) in [5.74, 6) is 0.387. The SMILES string of the molecule is COc1ccc(OCc2ccc(C(=O)O/N=C(\N)c3ccc(F)cc3)cc2)cc1. The normalized spacial score (nSPS) is 11.0. The Balaban J connectivity index is 1.55. The van der Waals surface area contributed by atoms with Crippen molar-refractivity contribution in [1.82, 2.24) is 0 Å². The van der Waals surface area contributed by atoms with Crippen molar-refractivity contribution in [3.8, 4) is 11.5 Å². The van der Waals surface area contributed by atoms with Crippen LogP contribution >= 0.6 is 0 Å². The van der Waals surface area contributed by atoms with Crippen molar-refractivity contribution in [2.45, 2.75) is 6.61 Å². The van der Waals surface area contributed by atoms with Crippen molar-refractivity contribution in [1.29, 1.82) is 0 Å². The second kappa shape index (κ2) is 9.36. The van der Waals surface area contributed by atoms with Gasteiger partial charge in [-0.25, -0.2) is 9.18 Å². The van der Waals surface area contributed by atoms with Crippen LogP contribution in [0.1, 0.15) is 21.5 Å². The van der Waals surface area contributed by atoms with Gasteiger partial charge in [0.05, 0.1) is 12.7 Å². The van der Waals surface area contributed by atoms with Crippen LogP contribution in [0.3, 0.4) is 0 Å². The van der Waals surface area contributed by atoms with E-state index in [2.05, 4.69) is 5.16 Å². The predicted octanol–water partition coefficient (Wildman–Crippen LogP) is 3.89. The molecular formula is C22H19FN2O4. The first-order chi connectivity index (χ1) is 14.0. The maximum atomic E-state index is 12.9. The number of nitrogens with zero attached hydrogens (tertiary/aromatic N) is 1. The molecule has 148 valence electrons. The van der Waals surface area contributed by atoms with Crippen LogP contribution in [0, 0.1) is 5.82 Å². The van der Waals surface area contributed by atoms with Crippen molar-refractivity contribution in [3.05, 3.63) is 95.3 Å². The van der Waals surface area contributed by atoms with Crippen LogP contribution in [0.5, 0.6) is 11.5 Å². The lowest BCUT2D eigenvalue weighted by molar-refractivity contribution is 0.0516. The molecule has 0 heterocycles. The van der Waals surface area contributed by atoms with Gasteiger partial charge in [0.2, 0.25) is 0 Å². The molecule has 0 fully saturated rings. The van der Waals surface area contributed by atoms with Crippen LogP contribution in [0.25, 0.3) is 0 Å². The number of halogens is 1. The molecule has 0 aliphatic carbocycles. The highest BCUT2D eigenvalue weighted by Gasteiger charge is 2.08. The number of ether oxygens (including phenoxy) is 2. The van der Waals surface area contributed by atoms with E-state index in [0.29, 0.717) is 23.5 Å². The first kappa shape index (κ1) is 19.9. The molecule has 2 N–H and O–H groups in total. The van der Waals surface area contributed by atoms with Gasteiger partial charge >= 0.3 is 5.97 Å². The molecule has 0 saturated heterocycles. The zero-order valence-electron chi connectivity index (χ0n) is 15.7. The predicted molar refractivity (Wildman–Crippen MR) is 106 cm³/mol. The lowest BCUT2D eigenvalue weighted by Gasteiger charge is -2.07. The van der Waals surface area contributed by atoms with Gasteiger partial charge in [-0.3, -0.25) is 0 Å². The largest absolute Gasteiger partial charge is 0.497 e. The number of carbonyl (C=O) groups is 1. The molecule has 3 rings (SSSR count). The fourth-order valence-electron chi connectivity index (χ4n) is 2.39. The average Bonchev–Trinajstić information content (AvgIpc) is 2.77. The van der Waals surface area contributed by atoms with Crippen molar-refractivity contribution >= 4 is 11.8 Å². The Bertz CT molecular complexity index is 985. The number of nitrogens with two attached hydrogens (primary N) is 1. The number of benzene rings is 3. The molecule has 0 radical (unpaired) electrons. The van der Waals surface area contributed by atoms with E-state index in [1.54, 1.807) is 31.4 Å². The monoisotopic (exact) mass is 394 g/mol. The van der Waals surface area contributed by atoms with Crippen LogP contribution < -0.4 is 15.2 Å². The van der Waals surface area contributed by atoms with Gasteiger partial charge in [-0.15, -0.1) is 0 Å². The van der Waals surface area contributed by atoms with Crippen molar-refractivity contribution in [2.24, 2.45) is 10.9 Å². The highest BCUT2D eigenvalue weighted by atomic mass is 19.1. The minimum absolute atomic E-state index is 0.0251. The number of hydrogen-bond donors (Lipinski definition) is 1. The molecule has 0 bridgehead atoms. The Labute approximate surface area is 167 Å². The van der Waals surface area contributed by atoms with Crippen molar-refractivity contribution < 1.29 is 23.5 Å². The van der Waals surface area contributed by atoms with Crippen LogP contribution in [-0.2, 0) is 11.4 Å². The van der Waals surface area contributed by atoms with Crippen molar-refractivity contribution in [3.63, 3.8) is 0 Å². The topological polar surface area (TPSA) is 83.1 Å². The van der Waals surface area contributed by atoms with E-state index in [9.17, 15) is 9.18 Å². The first-order valence-corrected chi connectivity index (χ1v) is 8.71. The lowest BCUT2D eigenvalue weighted by atomic mass is 10.1. The van der Waals surface area contributed by atoms with Gasteiger partial charge in [0.15, 0.2) is 5.84 Å². The average molecular weight is 394 g/mol. The van der Waals surface area contributed by atoms with E-state index in [1.165, 1.54) is 24.3 Å². The van der Waals surface area contributed by atoms with Crippen LogP contribution in [0.15, 0.2) is 78.0 Å². The second-order valence-corrected chi connectivity index (χ2v) is 6.02. The van der Waals surface area contributed by atoms with E-state index >= 15 is 0 Å². The van der Waals surface area contributed by atoms with Gasteiger partial charge in [-0.2, -0.15) is 0 Å². The quantitative estimate of drug-likeness (QED) is 0.284. The number of oxime groups is 1. The Morgan fingerprint density at radius 3 is 2.10 bits per heavy atom. The molecule has 29 heavy (non-hydrogen) atoms. The molecule has 0 aliphatic heterocycles. The van der Waals surface area contributed by atoms with Gasteiger partial charge in [-0.05, 0) is 66.2 Å². The highest BCUT2D eigenvalue weighted by Crippen LogP contribution is 2.18. The first-order valence-electron chi connectivity index (χ1n) is 8.71. The van der Waals surface area contributed by atoms with Gasteiger partial charge in [-0.1, -0.05) is 17.3 Å². The summed E-state index contributed by atoms with van der Waals surface area (Å²) in [6, 6.07) is 19.4. The molecule has 0 aromatic heterocycles. The van der Waals surface area contributed by atoms with Gasteiger partial charge in [0, 0.05) is 5.56 Å². The molecule has 0 amide bonds. The zero-order valence-corrected chi connectivity index (χ0v) is 15.7. The number of methoxy groups -OCH3 is 1. The summed E-state index contributed by atoms with van der Waals surface area (Å²) < 4.78 is 23.7. The minimum Gasteiger partial charge on any atom is -0.497 e. The Morgan fingerprint density at radius 2 is 1.48 bits per heavy atom. The molecular weight excluding hydrogens is 375 g/mol. The lowest BCUT2D eigenvalue weighted by Crippen LogP contribution is -2.15. The van der Waals surface area contributed by atoms with E-state index in [-0.39, 0.29) is 5.84 Å². The van der Waals surface area contributed by atoms with Gasteiger partial charge in [0.25, 0.3) is 0 Å². The minimum atomic E-state index is -0.655. The third kappa shape index (κ3) is 5.55. The summed E-state index contributed by atoms with van der Waals surface area (Å²) in [4.78, 5) is 17.0. The third-order valence-corrected chi connectivity index (χ3v) is 4.02. The van der Waals surface area contributed by atoms with Gasteiger partial charge in [0.1, 0.15) is 23.9 Å². The molecule has 0 atom stereocenters. The zero-order chi connectivity index (χ0) is 20.6. The Hall–Kier alpha value is -3.87. The maximum absolute atomic E-state index is 12.9. The molecule has 6 nitrogen and oxygen atoms in total. The van der Waals surface area contributed by atoms with E-state index in [4.69, 9.17) is 20.0 Å². The molecule has 3 aromatic rings. The number of amidine groups is 1. The molecule has 0 spiro atoms. The van der Waals surface area contributed by atoms with Crippen LogP contribution in [0.2, 0.25) is 0 Å². The summed E-state index contributed by atoms with van der Waals surface area (Å²) in [7, 11) is 1.60. The molecule has 3 aromatic carbocycles. The highest BCUT2D eigenvalue weighted by molar-refractivity contribution is 5.98. The smallest absolute Gasteiger partial charge is 0.365 e. The van der Waals surface area contributed by atoms with Crippen molar-refractivity contribution in [2.75, 3.05) is 7.11 Å². The van der Waals surface area contributed by atoms with Crippen LogP contribution in [-0.4, -0.2) is 18.9 Å². The maximum Gasteiger partial charge on any atom is 0.365 e. The number of rotatable bonds is 7. The van der Waals surface area contributed by atoms with E-state index < -0.39 is 11.8 Å². The summed E-state index contributed by atoms with van der Waals surface area (Å²) in [5.41, 5.74) is 7.38. The summed E-state index contributed by atoms with van der Waals surface area (Å²) in [6.45, 7) is 0.345. The summed E-state index contributed by atoms with van der Waals surface area (Å²) >= 11 is 0. The standard InChI is InChI=1S/C22H19FN2O4/c1-27-19-10-12-20(13-11-19)28-14-15-2-4-17(5-3-15)22(26)29-25-21(24)16-6-8-18(23)9-7-16/h2-13H,14H2,1H3,(H2,24,25). The number of hydrogen-bond acceptors (Lipinski definition) is 5. The molecule has 0 aliphatic rings. The van der Waals surface area contributed by atoms with Gasteiger partial charge < -0.3 is 20.0 Å². The Kier molecular flexibility index (Phi) is 6.42. The summed E-state index contributed by atoms with van der Waals surface area (Å²) in [5, 5.41) is 3.60. The fourth-order valence-corrected chi connectivity index (χ4v) is 2.39. The second-order valence-electron chi connectivity index (χ2n) is 6.02. The molecule has 0 unspecified atom stereocenters. The van der Waals surface area contributed by atoms with Crippen LogP contribution in [0.4, 0.5) is 4.39 Å². The Morgan fingerprint density at radius 1 is 0.897 bits per heavy atom. The van der Waals surface area contributed by atoms with E-state index in [1.807, 2.05) is 24.3 Å². The third-order valence-electron chi connectivity index (χ3n) is 4.02. The molecule has 7 heteroatoms.